The molecule has 0 aliphatic rings. The van der Waals surface area contributed by atoms with Crippen molar-refractivity contribution in [3.05, 3.63) is 29.8 Å². The molecular formula is C7H10Cl3NO2S-2. The van der Waals surface area contributed by atoms with Gasteiger partial charge in [-0.15, -0.1) is 0 Å². The molecule has 7 heteroatoms. The predicted octanol–water partition coefficient (Wildman–Crippen LogP) is -9.06. The second kappa shape index (κ2) is 7.31. The molecule has 84 valence electrons. The molecule has 0 aromatic heterocycles. The zero-order valence-electron chi connectivity index (χ0n) is 7.38. The van der Waals surface area contributed by atoms with Crippen LogP contribution in [0, 0.1) is 6.92 Å². The van der Waals surface area contributed by atoms with E-state index in [1.807, 2.05) is 6.92 Å². The Hall–Kier alpha value is -0.000000000000000111. The zero-order chi connectivity index (χ0) is 8.48. The molecule has 1 rings (SSSR count). The Balaban J connectivity index is -0.000000403. The number of sulfonamides is 1. The van der Waals surface area contributed by atoms with E-state index in [1.54, 1.807) is 24.3 Å². The van der Waals surface area contributed by atoms with Gasteiger partial charge in [-0.3, -0.25) is 0 Å². The first-order valence-corrected chi connectivity index (χ1v) is 4.80. The molecule has 0 bridgehead atoms. The third-order valence-electron chi connectivity index (χ3n) is 1.38. The van der Waals surface area contributed by atoms with E-state index in [9.17, 15) is 8.42 Å². The summed E-state index contributed by atoms with van der Waals surface area (Å²) in [4.78, 5) is 0.267. The van der Waals surface area contributed by atoms with E-state index >= 15 is 0 Å². The lowest BCUT2D eigenvalue weighted by molar-refractivity contribution is -0.164. The number of quaternary nitrogens is 1. The molecule has 1 aromatic rings. The Morgan fingerprint density at radius 1 is 1.00 bits per heavy atom. The molecule has 3 N–H and O–H groups in total. The lowest BCUT2D eigenvalue weighted by atomic mass is 10.2. The average molecular weight is 279 g/mol. The molecule has 0 aliphatic heterocycles. The number of aryl methyl sites for hydroxylation is 1. The molecule has 0 aliphatic carbocycles. The van der Waals surface area contributed by atoms with Crippen molar-refractivity contribution in [2.75, 3.05) is 0 Å². The molecule has 0 amide bonds. The minimum atomic E-state index is -3.27. The summed E-state index contributed by atoms with van der Waals surface area (Å²) in [6, 6.07) is 6.60. The number of hydrogen-bond donors (Lipinski definition) is 1. The zero-order valence-corrected chi connectivity index (χ0v) is 10.5. The van der Waals surface area contributed by atoms with Gasteiger partial charge in [-0.25, -0.2) is 5.14 Å². The second-order valence-electron chi connectivity index (χ2n) is 2.43. The SMILES string of the molecule is Cc1ccc(S([NH3+])(=O)=O)cc1.[Cl-].[Cl-].[Cl-]. The number of rotatable bonds is 1. The molecule has 0 spiro atoms. The van der Waals surface area contributed by atoms with Crippen LogP contribution in [0.3, 0.4) is 0 Å². The largest absolute Gasteiger partial charge is 1.00 e. The number of benzene rings is 1. The maximum Gasteiger partial charge on any atom is 0.322 e. The first-order valence-electron chi connectivity index (χ1n) is 3.15. The highest BCUT2D eigenvalue weighted by Crippen LogP contribution is 2.05. The van der Waals surface area contributed by atoms with E-state index in [2.05, 4.69) is 5.14 Å². The standard InChI is InChI=1S/C7H9NO2S.3ClH/c1-6-2-4-7(5-3-6)11(8,9)10;;;/h2-5H,1H3,(H2,8,9,10);3*1H/p-2. The molecule has 0 unspecified atom stereocenters. The predicted molar refractivity (Wildman–Crippen MR) is 41.3 cm³/mol. The monoisotopic (exact) mass is 277 g/mol. The molecule has 0 saturated heterocycles. The molecule has 0 radical (unpaired) electrons. The van der Waals surface area contributed by atoms with Crippen molar-refractivity contribution in [2.45, 2.75) is 11.8 Å². The fourth-order valence-electron chi connectivity index (χ4n) is 0.746. The van der Waals surface area contributed by atoms with Crippen LogP contribution in [0.2, 0.25) is 0 Å². The molecule has 3 nitrogen and oxygen atoms in total. The molecule has 0 saturated carbocycles. The smallest absolute Gasteiger partial charge is 0.322 e. The highest BCUT2D eigenvalue weighted by Gasteiger charge is 2.08. The van der Waals surface area contributed by atoms with Crippen molar-refractivity contribution in [1.29, 1.82) is 0 Å². The molecule has 14 heavy (non-hydrogen) atoms. The van der Waals surface area contributed by atoms with Gasteiger partial charge in [0.1, 0.15) is 4.90 Å². The minimum absolute atomic E-state index is 0. The van der Waals surface area contributed by atoms with Crippen molar-refractivity contribution in [2.24, 2.45) is 0 Å². The van der Waals surface area contributed by atoms with Crippen LogP contribution < -0.4 is 42.4 Å². The lowest BCUT2D eigenvalue weighted by Gasteiger charge is -1.94. The quantitative estimate of drug-likeness (QED) is 0.555. The van der Waals surface area contributed by atoms with Gasteiger partial charge in [0.25, 0.3) is 0 Å². The summed E-state index contributed by atoms with van der Waals surface area (Å²) in [6.07, 6.45) is 0. The maximum atomic E-state index is 10.8. The van der Waals surface area contributed by atoms with Crippen molar-refractivity contribution < 1.29 is 50.8 Å². The fourth-order valence-corrected chi connectivity index (χ4v) is 1.30. The summed E-state index contributed by atoms with van der Waals surface area (Å²) >= 11 is 0. The molecule has 0 fully saturated rings. The Bertz CT molecular complexity index is 350. The summed E-state index contributed by atoms with van der Waals surface area (Å²) in [6.45, 7) is 1.90. The van der Waals surface area contributed by atoms with E-state index in [0.29, 0.717) is 0 Å². The number of halogens is 3. The summed E-state index contributed by atoms with van der Waals surface area (Å²) in [5.41, 5.74) is 1.04. The topological polar surface area (TPSA) is 61.8 Å². The van der Waals surface area contributed by atoms with Gasteiger partial charge in [-0.2, -0.15) is 8.42 Å². The summed E-state index contributed by atoms with van der Waals surface area (Å²) < 4.78 is 21.7. The van der Waals surface area contributed by atoms with E-state index in [4.69, 9.17) is 0 Å². The van der Waals surface area contributed by atoms with Crippen molar-refractivity contribution in [3.8, 4) is 0 Å². The highest BCUT2D eigenvalue weighted by molar-refractivity contribution is 7.84. The summed E-state index contributed by atoms with van der Waals surface area (Å²) in [5, 5.41) is 3.04. The molecular weight excluding hydrogens is 269 g/mol. The molecule has 0 atom stereocenters. The van der Waals surface area contributed by atoms with Gasteiger partial charge in [0.05, 0.1) is 0 Å². The third-order valence-corrected chi connectivity index (χ3v) is 2.37. The summed E-state index contributed by atoms with van der Waals surface area (Å²) in [7, 11) is -3.27. The lowest BCUT2D eigenvalue weighted by Crippen LogP contribution is -3.00. The van der Waals surface area contributed by atoms with Crippen LogP contribution in [-0.4, -0.2) is 8.42 Å². The van der Waals surface area contributed by atoms with Crippen molar-refractivity contribution in [3.63, 3.8) is 0 Å². The highest BCUT2D eigenvalue weighted by atomic mass is 35.5. The van der Waals surface area contributed by atoms with Crippen LogP contribution in [0.25, 0.3) is 0 Å². The van der Waals surface area contributed by atoms with Gasteiger partial charge in [0.15, 0.2) is 0 Å². The Morgan fingerprint density at radius 2 is 1.36 bits per heavy atom. The van der Waals surface area contributed by atoms with Crippen molar-refractivity contribution in [1.82, 2.24) is 0 Å². The van der Waals surface area contributed by atoms with Crippen LogP contribution in [-0.2, 0) is 10.0 Å². The van der Waals surface area contributed by atoms with E-state index in [0.717, 1.165) is 5.56 Å². The average Bonchev–Trinajstić information content (AvgIpc) is 1.86. The molecule has 0 heterocycles. The van der Waals surface area contributed by atoms with Gasteiger partial charge in [0.2, 0.25) is 0 Å². The first-order chi connectivity index (χ1) is 5.00. The third kappa shape index (κ3) is 5.67. The first kappa shape index (κ1) is 19.6. The van der Waals surface area contributed by atoms with Gasteiger partial charge in [0, 0.05) is 0 Å². The fraction of sp³-hybridized carbons (Fsp3) is 0.143. The maximum absolute atomic E-state index is 10.8. The van der Waals surface area contributed by atoms with Crippen LogP contribution in [0.4, 0.5) is 0 Å². The van der Waals surface area contributed by atoms with Crippen LogP contribution in [0.1, 0.15) is 5.56 Å². The number of hydrogen-bond acceptors (Lipinski definition) is 2. The van der Waals surface area contributed by atoms with Gasteiger partial charge in [-0.1, -0.05) is 17.7 Å². The minimum Gasteiger partial charge on any atom is -1.00 e. The van der Waals surface area contributed by atoms with Crippen molar-refractivity contribution >= 4 is 10.0 Å². The van der Waals surface area contributed by atoms with Crippen LogP contribution in [0.15, 0.2) is 29.2 Å². The summed E-state index contributed by atoms with van der Waals surface area (Å²) in [5.74, 6) is 0. The van der Waals surface area contributed by atoms with Crippen LogP contribution >= 0.6 is 0 Å². The Morgan fingerprint density at radius 3 is 1.64 bits per heavy atom. The molecule has 1 aromatic carbocycles. The van der Waals surface area contributed by atoms with E-state index in [1.165, 1.54) is 0 Å². The Labute approximate surface area is 102 Å². The normalized spacial score (nSPS) is 9.00. The van der Waals surface area contributed by atoms with Gasteiger partial charge < -0.3 is 37.2 Å². The second-order valence-corrected chi connectivity index (χ2v) is 4.13. The van der Waals surface area contributed by atoms with E-state index in [-0.39, 0.29) is 42.1 Å². The van der Waals surface area contributed by atoms with Gasteiger partial charge in [-0.05, 0) is 19.1 Å². The van der Waals surface area contributed by atoms with Gasteiger partial charge >= 0.3 is 10.0 Å². The van der Waals surface area contributed by atoms with E-state index < -0.39 is 10.0 Å². The Kier molecular flexibility index (Phi) is 10.2. The van der Waals surface area contributed by atoms with Crippen LogP contribution in [0.5, 0.6) is 0 Å².